The summed E-state index contributed by atoms with van der Waals surface area (Å²) in [6.45, 7) is 10.4. The van der Waals surface area contributed by atoms with Gasteiger partial charge in [-0.05, 0) is 63.2 Å². The molecule has 3 aliphatic rings. The minimum Gasteiger partial charge on any atom is -0.392 e. The molecule has 0 spiro atoms. The Morgan fingerprint density at radius 2 is 1.84 bits per heavy atom. The first-order valence-electron chi connectivity index (χ1n) is 9.86. The van der Waals surface area contributed by atoms with E-state index in [-0.39, 0.29) is 34.6 Å². The molecule has 140 valence electrons. The molecule has 0 saturated heterocycles. The predicted octanol–water partition coefficient (Wildman–Crippen LogP) is 3.83. The number of hydrogen-bond acceptors (Lipinski definition) is 3. The molecule has 2 bridgehead atoms. The molecular formula is C22H34O3. The molecule has 1 N–H and O–H groups in total. The van der Waals surface area contributed by atoms with Crippen LogP contribution in [0, 0.1) is 45.8 Å². The van der Waals surface area contributed by atoms with Crippen molar-refractivity contribution in [3.8, 4) is 11.8 Å². The third kappa shape index (κ3) is 2.37. The van der Waals surface area contributed by atoms with E-state index in [4.69, 9.17) is 4.74 Å². The van der Waals surface area contributed by atoms with Crippen LogP contribution in [0.25, 0.3) is 0 Å². The second-order valence-corrected chi connectivity index (χ2v) is 9.34. The fourth-order valence-electron chi connectivity index (χ4n) is 6.83. The summed E-state index contributed by atoms with van der Waals surface area (Å²) >= 11 is 0. The molecule has 3 rings (SSSR count). The monoisotopic (exact) mass is 346 g/mol. The molecule has 3 heteroatoms. The minimum atomic E-state index is -0.755. The highest BCUT2D eigenvalue weighted by Gasteiger charge is 2.67. The molecule has 0 radical (unpaired) electrons. The van der Waals surface area contributed by atoms with E-state index in [1.807, 2.05) is 6.92 Å². The molecular weight excluding hydrogens is 312 g/mol. The van der Waals surface area contributed by atoms with Crippen LogP contribution in [0.4, 0.5) is 0 Å². The first kappa shape index (κ1) is 18.9. The fraction of sp³-hybridized carbons (Fsp3) is 0.864. The molecule has 3 aliphatic carbocycles. The van der Waals surface area contributed by atoms with Crippen LogP contribution < -0.4 is 0 Å². The van der Waals surface area contributed by atoms with Crippen molar-refractivity contribution < 1.29 is 14.6 Å². The summed E-state index contributed by atoms with van der Waals surface area (Å²) in [5.74, 6) is 6.96. The third-order valence-electron chi connectivity index (χ3n) is 8.48. The maximum Gasteiger partial charge on any atom is 0.154 e. The van der Waals surface area contributed by atoms with Crippen molar-refractivity contribution >= 4 is 5.78 Å². The summed E-state index contributed by atoms with van der Waals surface area (Å²) < 4.78 is 5.90. The molecule has 3 nitrogen and oxygen atoms in total. The highest BCUT2D eigenvalue weighted by atomic mass is 16.5. The van der Waals surface area contributed by atoms with Gasteiger partial charge in [0.25, 0.3) is 0 Å². The highest BCUT2D eigenvalue weighted by molar-refractivity contribution is 5.90. The average Bonchev–Trinajstić information content (AvgIpc) is 2.97. The van der Waals surface area contributed by atoms with E-state index in [1.54, 1.807) is 14.0 Å². The molecule has 0 aromatic rings. The standard InChI is InChI=1S/C22H34O3/c1-7-10-20(4)13-17(23)21(5)14(2)8-11-22(15(3)19(20)24)12-9-16(25-6)18(21)22/h14-18,23H,8-9,11-13H2,1-6H3/t14-,15+,16-,17-,18?,20-,21+,22?/m1/s1. The van der Waals surface area contributed by atoms with Crippen molar-refractivity contribution in [2.45, 2.75) is 78.9 Å². The number of ketones is 1. The van der Waals surface area contributed by atoms with Crippen molar-refractivity contribution in [1.29, 1.82) is 0 Å². The maximum absolute atomic E-state index is 13.5. The summed E-state index contributed by atoms with van der Waals surface area (Å²) in [5.41, 5.74) is -1.05. The van der Waals surface area contributed by atoms with Gasteiger partial charge in [-0.1, -0.05) is 26.7 Å². The third-order valence-corrected chi connectivity index (χ3v) is 8.48. The van der Waals surface area contributed by atoms with E-state index in [9.17, 15) is 9.90 Å². The van der Waals surface area contributed by atoms with Gasteiger partial charge < -0.3 is 9.84 Å². The van der Waals surface area contributed by atoms with E-state index in [1.165, 1.54) is 0 Å². The lowest BCUT2D eigenvalue weighted by Gasteiger charge is -2.61. The van der Waals surface area contributed by atoms with Crippen LogP contribution in [-0.4, -0.2) is 30.2 Å². The molecule has 2 unspecified atom stereocenters. The summed E-state index contributed by atoms with van der Waals surface area (Å²) in [5, 5.41) is 11.4. The summed E-state index contributed by atoms with van der Waals surface area (Å²) in [6, 6.07) is 0. The minimum absolute atomic E-state index is 0.0391. The Hall–Kier alpha value is -0.850. The van der Waals surface area contributed by atoms with Gasteiger partial charge in [0.2, 0.25) is 0 Å². The number of carbonyl (C=O) groups excluding carboxylic acids is 1. The highest BCUT2D eigenvalue weighted by Crippen LogP contribution is 2.68. The van der Waals surface area contributed by atoms with E-state index in [2.05, 4.69) is 32.6 Å². The average molecular weight is 347 g/mol. The number of ether oxygens (including phenoxy) is 1. The molecule has 25 heavy (non-hydrogen) atoms. The molecule has 0 heterocycles. The fourth-order valence-corrected chi connectivity index (χ4v) is 6.83. The quantitative estimate of drug-likeness (QED) is 0.734. The Balaban J connectivity index is 2.21. The topological polar surface area (TPSA) is 46.5 Å². The van der Waals surface area contributed by atoms with Crippen LogP contribution in [0.5, 0.6) is 0 Å². The normalized spacial score (nSPS) is 52.6. The van der Waals surface area contributed by atoms with Crippen molar-refractivity contribution in [1.82, 2.24) is 0 Å². The van der Waals surface area contributed by atoms with Gasteiger partial charge in [-0.15, -0.1) is 5.92 Å². The maximum atomic E-state index is 13.5. The lowest BCUT2D eigenvalue weighted by molar-refractivity contribution is -0.188. The van der Waals surface area contributed by atoms with Crippen molar-refractivity contribution in [2.75, 3.05) is 7.11 Å². The van der Waals surface area contributed by atoms with Crippen LogP contribution in [0.1, 0.15) is 66.7 Å². The molecule has 3 saturated carbocycles. The zero-order valence-electron chi connectivity index (χ0n) is 16.7. The van der Waals surface area contributed by atoms with Gasteiger partial charge in [0, 0.05) is 18.4 Å². The molecule has 0 amide bonds. The van der Waals surface area contributed by atoms with Gasteiger partial charge in [-0.3, -0.25) is 4.79 Å². The second-order valence-electron chi connectivity index (χ2n) is 9.34. The van der Waals surface area contributed by atoms with E-state index in [0.717, 1.165) is 25.7 Å². The zero-order valence-corrected chi connectivity index (χ0v) is 16.7. The number of aliphatic hydroxyl groups excluding tert-OH is 1. The van der Waals surface area contributed by atoms with Gasteiger partial charge in [0.05, 0.1) is 17.6 Å². The van der Waals surface area contributed by atoms with Gasteiger partial charge in [0.1, 0.15) is 0 Å². The lowest BCUT2D eigenvalue weighted by atomic mass is 9.44. The molecule has 8 atom stereocenters. The predicted molar refractivity (Wildman–Crippen MR) is 98.8 cm³/mol. The van der Waals surface area contributed by atoms with E-state index >= 15 is 0 Å². The zero-order chi connectivity index (χ0) is 18.6. The Labute approximate surface area is 152 Å². The Morgan fingerprint density at radius 3 is 2.44 bits per heavy atom. The SMILES string of the molecule is CC#C[C@]1(C)C[C@@H](O)[C@@]2(C)C3[C@H](OC)CCC3(CC[C@H]2C)[C@@H](C)C1=O. The van der Waals surface area contributed by atoms with Crippen LogP contribution in [0.2, 0.25) is 0 Å². The molecule has 3 fully saturated rings. The van der Waals surface area contributed by atoms with Crippen molar-refractivity contribution in [2.24, 2.45) is 34.0 Å². The number of Topliss-reactive ketones (excluding diaryl/α,β-unsaturated/α-hetero) is 1. The summed E-state index contributed by atoms with van der Waals surface area (Å²) in [4.78, 5) is 13.5. The van der Waals surface area contributed by atoms with Gasteiger partial charge in [0.15, 0.2) is 5.78 Å². The molecule has 0 aromatic carbocycles. The van der Waals surface area contributed by atoms with Crippen molar-refractivity contribution in [3.05, 3.63) is 0 Å². The molecule has 0 aliphatic heterocycles. The largest absolute Gasteiger partial charge is 0.392 e. The van der Waals surface area contributed by atoms with Gasteiger partial charge in [-0.2, -0.15) is 0 Å². The molecule has 0 aromatic heterocycles. The number of aliphatic hydroxyl groups is 1. The van der Waals surface area contributed by atoms with Crippen LogP contribution in [-0.2, 0) is 9.53 Å². The van der Waals surface area contributed by atoms with Crippen LogP contribution in [0.3, 0.4) is 0 Å². The number of methoxy groups -OCH3 is 1. The van der Waals surface area contributed by atoms with Gasteiger partial charge in [-0.25, -0.2) is 0 Å². The Bertz CT molecular complexity index is 616. The Morgan fingerprint density at radius 1 is 1.20 bits per heavy atom. The van der Waals surface area contributed by atoms with Crippen LogP contribution in [0.15, 0.2) is 0 Å². The number of hydrogen-bond donors (Lipinski definition) is 1. The number of carbonyl (C=O) groups is 1. The lowest BCUT2D eigenvalue weighted by Crippen LogP contribution is -2.62. The van der Waals surface area contributed by atoms with E-state index < -0.39 is 11.5 Å². The summed E-state index contributed by atoms with van der Waals surface area (Å²) in [7, 11) is 1.79. The number of rotatable bonds is 1. The summed E-state index contributed by atoms with van der Waals surface area (Å²) in [6.07, 6.45) is 4.18. The Kier molecular flexibility index (Phi) is 4.62. The second kappa shape index (κ2) is 6.10. The first-order valence-corrected chi connectivity index (χ1v) is 9.86. The van der Waals surface area contributed by atoms with Gasteiger partial charge >= 0.3 is 0 Å². The van der Waals surface area contributed by atoms with E-state index in [0.29, 0.717) is 12.3 Å². The van der Waals surface area contributed by atoms with Crippen molar-refractivity contribution in [3.63, 3.8) is 0 Å². The first-order chi connectivity index (χ1) is 11.7. The smallest absolute Gasteiger partial charge is 0.154 e. The van der Waals surface area contributed by atoms with Crippen LogP contribution >= 0.6 is 0 Å².